The normalized spacial score (nSPS) is 10.7. The minimum Gasteiger partial charge on any atom is -0.270 e. The molecule has 0 aliphatic carbocycles. The number of hydrogen-bond donors (Lipinski definition) is 0. The molecule has 5 nitrogen and oxygen atoms in total. The Bertz CT molecular complexity index is 1060. The molecule has 0 amide bonds. The third kappa shape index (κ3) is 2.86. The van der Waals surface area contributed by atoms with Crippen molar-refractivity contribution in [2.45, 2.75) is 13.0 Å². The molecule has 25 heavy (non-hydrogen) atoms. The molecule has 0 aliphatic rings. The molecule has 0 fully saturated rings. The van der Waals surface area contributed by atoms with Gasteiger partial charge in [0.15, 0.2) is 0 Å². The van der Waals surface area contributed by atoms with Crippen LogP contribution in [0.5, 0.6) is 0 Å². The Kier molecular flexibility index (Phi) is 3.93. The van der Waals surface area contributed by atoms with E-state index >= 15 is 0 Å². The first-order chi connectivity index (χ1) is 12.4. The van der Waals surface area contributed by atoms with Crippen molar-refractivity contribution < 1.29 is 0 Å². The van der Waals surface area contributed by atoms with Gasteiger partial charge in [-0.3, -0.25) is 14.6 Å². The molecule has 0 saturated carbocycles. The van der Waals surface area contributed by atoms with Crippen molar-refractivity contribution in [1.29, 1.82) is 5.26 Å². The van der Waals surface area contributed by atoms with Crippen molar-refractivity contribution in [2.75, 3.05) is 0 Å². The van der Waals surface area contributed by atoms with Gasteiger partial charge >= 0.3 is 0 Å². The summed E-state index contributed by atoms with van der Waals surface area (Å²) in [6, 6.07) is 18.0. The van der Waals surface area contributed by atoms with Crippen LogP contribution < -0.4 is 0 Å². The standard InChI is InChI=1S/C20H15N5/c21-10-5-13-25-14-17(20(24-25)19-8-3-4-11-22-19)15-9-12-23-18-7-2-1-6-16(15)18/h1-4,6-9,11-12,14H,5,13H2. The Morgan fingerprint density at radius 3 is 2.64 bits per heavy atom. The number of rotatable bonds is 4. The fourth-order valence-corrected chi connectivity index (χ4v) is 2.92. The number of aryl methyl sites for hydroxylation is 1. The number of hydrogen-bond acceptors (Lipinski definition) is 4. The summed E-state index contributed by atoms with van der Waals surface area (Å²) in [5.41, 5.74) is 4.63. The first kappa shape index (κ1) is 15.0. The zero-order valence-corrected chi connectivity index (χ0v) is 13.5. The van der Waals surface area contributed by atoms with E-state index in [1.165, 1.54) is 0 Å². The Labute approximate surface area is 145 Å². The van der Waals surface area contributed by atoms with E-state index in [0.717, 1.165) is 33.4 Å². The van der Waals surface area contributed by atoms with E-state index in [4.69, 9.17) is 5.26 Å². The third-order valence-corrected chi connectivity index (χ3v) is 4.06. The lowest BCUT2D eigenvalue weighted by atomic mass is 10.0. The van der Waals surface area contributed by atoms with E-state index in [9.17, 15) is 0 Å². The van der Waals surface area contributed by atoms with Gasteiger partial charge in [-0.05, 0) is 29.8 Å². The van der Waals surface area contributed by atoms with Crippen LogP contribution in [-0.4, -0.2) is 19.7 Å². The molecule has 0 bridgehead atoms. The van der Waals surface area contributed by atoms with Gasteiger partial charge in [0.25, 0.3) is 0 Å². The predicted octanol–water partition coefficient (Wildman–Crippen LogP) is 4.07. The van der Waals surface area contributed by atoms with Crippen LogP contribution in [0.1, 0.15) is 6.42 Å². The lowest BCUT2D eigenvalue weighted by molar-refractivity contribution is 0.629. The number of nitrogens with zero attached hydrogens (tertiary/aromatic N) is 5. The van der Waals surface area contributed by atoms with Gasteiger partial charge in [0.05, 0.1) is 30.2 Å². The van der Waals surface area contributed by atoms with Crippen LogP contribution in [0, 0.1) is 11.3 Å². The number of nitriles is 1. The fraction of sp³-hybridized carbons (Fsp3) is 0.100. The molecule has 4 aromatic rings. The number of para-hydroxylation sites is 1. The second kappa shape index (κ2) is 6.54. The highest BCUT2D eigenvalue weighted by molar-refractivity contribution is 5.97. The van der Waals surface area contributed by atoms with Crippen LogP contribution in [0.15, 0.2) is 67.1 Å². The van der Waals surface area contributed by atoms with Gasteiger partial charge in [0.2, 0.25) is 0 Å². The van der Waals surface area contributed by atoms with Gasteiger partial charge in [-0.15, -0.1) is 0 Å². The van der Waals surface area contributed by atoms with Crippen molar-refractivity contribution in [3.8, 4) is 28.6 Å². The minimum absolute atomic E-state index is 0.417. The van der Waals surface area contributed by atoms with E-state index in [-0.39, 0.29) is 0 Å². The zero-order valence-electron chi connectivity index (χ0n) is 13.5. The maximum Gasteiger partial charge on any atom is 0.119 e. The molecule has 5 heteroatoms. The molecule has 0 saturated heterocycles. The Balaban J connectivity index is 1.93. The summed E-state index contributed by atoms with van der Waals surface area (Å²) in [5.74, 6) is 0. The van der Waals surface area contributed by atoms with E-state index in [1.807, 2.05) is 59.5 Å². The summed E-state index contributed by atoms with van der Waals surface area (Å²) >= 11 is 0. The Morgan fingerprint density at radius 1 is 0.920 bits per heavy atom. The maximum absolute atomic E-state index is 8.87. The third-order valence-electron chi connectivity index (χ3n) is 4.06. The van der Waals surface area contributed by atoms with Crippen molar-refractivity contribution in [3.63, 3.8) is 0 Å². The molecule has 3 heterocycles. The molecule has 0 spiro atoms. The van der Waals surface area contributed by atoms with Crippen molar-refractivity contribution >= 4 is 10.9 Å². The molecule has 0 aliphatic heterocycles. The van der Waals surface area contributed by atoms with E-state index < -0.39 is 0 Å². The summed E-state index contributed by atoms with van der Waals surface area (Å²) in [6.45, 7) is 0.555. The smallest absolute Gasteiger partial charge is 0.119 e. The number of aromatic nitrogens is 4. The van der Waals surface area contributed by atoms with Gasteiger partial charge < -0.3 is 0 Å². The zero-order chi connectivity index (χ0) is 17.1. The van der Waals surface area contributed by atoms with Crippen LogP contribution in [-0.2, 0) is 6.54 Å². The molecule has 1 aromatic carbocycles. The molecule has 3 aromatic heterocycles. The summed E-state index contributed by atoms with van der Waals surface area (Å²) in [6.07, 6.45) is 5.98. The summed E-state index contributed by atoms with van der Waals surface area (Å²) in [7, 11) is 0. The van der Waals surface area contributed by atoms with E-state index in [0.29, 0.717) is 13.0 Å². The number of fused-ring (bicyclic) bond motifs is 1. The summed E-state index contributed by atoms with van der Waals surface area (Å²) in [4.78, 5) is 8.89. The van der Waals surface area contributed by atoms with Crippen LogP contribution in [0.3, 0.4) is 0 Å². The number of pyridine rings is 2. The van der Waals surface area contributed by atoms with Gasteiger partial charge in [-0.2, -0.15) is 10.4 Å². The summed E-state index contributed by atoms with van der Waals surface area (Å²) in [5, 5.41) is 14.6. The molecule has 0 N–H and O–H groups in total. The quantitative estimate of drug-likeness (QED) is 0.567. The largest absolute Gasteiger partial charge is 0.270 e. The van der Waals surface area contributed by atoms with Crippen molar-refractivity contribution in [1.82, 2.24) is 19.7 Å². The average molecular weight is 325 g/mol. The molecule has 0 atom stereocenters. The highest BCUT2D eigenvalue weighted by Gasteiger charge is 2.16. The highest BCUT2D eigenvalue weighted by Crippen LogP contribution is 2.34. The van der Waals surface area contributed by atoms with E-state index in [2.05, 4.69) is 27.2 Å². The monoisotopic (exact) mass is 325 g/mol. The Hall–Kier alpha value is -3.52. The Morgan fingerprint density at radius 2 is 1.80 bits per heavy atom. The molecular weight excluding hydrogens is 310 g/mol. The topological polar surface area (TPSA) is 67.4 Å². The summed E-state index contributed by atoms with van der Waals surface area (Å²) < 4.78 is 1.82. The van der Waals surface area contributed by atoms with Crippen LogP contribution in [0.2, 0.25) is 0 Å². The van der Waals surface area contributed by atoms with Crippen molar-refractivity contribution in [2.24, 2.45) is 0 Å². The number of benzene rings is 1. The van der Waals surface area contributed by atoms with Gasteiger partial charge in [0.1, 0.15) is 5.69 Å². The average Bonchev–Trinajstić information content (AvgIpc) is 3.10. The molecule has 0 unspecified atom stereocenters. The fourth-order valence-electron chi connectivity index (χ4n) is 2.92. The van der Waals surface area contributed by atoms with Crippen molar-refractivity contribution in [3.05, 3.63) is 67.1 Å². The predicted molar refractivity (Wildman–Crippen MR) is 96.4 cm³/mol. The lowest BCUT2D eigenvalue weighted by Gasteiger charge is -2.06. The second-order valence-corrected chi connectivity index (χ2v) is 5.65. The highest BCUT2D eigenvalue weighted by atomic mass is 15.3. The maximum atomic E-state index is 8.87. The van der Waals surface area contributed by atoms with Gasteiger partial charge in [-0.25, -0.2) is 0 Å². The molecule has 4 rings (SSSR count). The lowest BCUT2D eigenvalue weighted by Crippen LogP contribution is -1.97. The molecule has 120 valence electrons. The minimum atomic E-state index is 0.417. The van der Waals surface area contributed by atoms with Gasteiger partial charge in [0, 0.05) is 29.5 Å². The first-order valence-corrected chi connectivity index (χ1v) is 8.07. The van der Waals surface area contributed by atoms with Crippen LogP contribution in [0.25, 0.3) is 33.4 Å². The molecular formula is C20H15N5. The molecule has 0 radical (unpaired) electrons. The SMILES string of the molecule is N#CCCn1cc(-c2ccnc3ccccc23)c(-c2ccccn2)n1. The first-order valence-electron chi connectivity index (χ1n) is 8.07. The van der Waals surface area contributed by atoms with E-state index in [1.54, 1.807) is 6.20 Å². The van der Waals surface area contributed by atoms with Crippen LogP contribution >= 0.6 is 0 Å². The van der Waals surface area contributed by atoms with Crippen LogP contribution in [0.4, 0.5) is 0 Å². The van der Waals surface area contributed by atoms with Gasteiger partial charge in [-0.1, -0.05) is 24.3 Å². The second-order valence-electron chi connectivity index (χ2n) is 5.65.